The minimum atomic E-state index is -0.570. The van der Waals surface area contributed by atoms with E-state index in [-0.39, 0.29) is 11.9 Å². The molecule has 3 unspecified atom stereocenters. The zero-order chi connectivity index (χ0) is 15.3. The Morgan fingerprint density at radius 1 is 1.30 bits per heavy atom. The van der Waals surface area contributed by atoms with Gasteiger partial charge in [-0.1, -0.05) is 13.8 Å². The Bertz CT molecular complexity index is 309. The Labute approximate surface area is 124 Å². The molecule has 4 nitrogen and oxygen atoms in total. The van der Waals surface area contributed by atoms with Gasteiger partial charge in [-0.3, -0.25) is 4.79 Å². The molecule has 1 aliphatic rings. The van der Waals surface area contributed by atoms with Crippen LogP contribution in [0.25, 0.3) is 0 Å². The van der Waals surface area contributed by atoms with E-state index in [2.05, 4.69) is 24.1 Å². The second-order valence-electron chi connectivity index (χ2n) is 7.17. The molecule has 1 heterocycles. The number of carbonyl (C=O) groups is 1. The van der Waals surface area contributed by atoms with E-state index in [1.165, 1.54) is 13.1 Å². The minimum Gasteiger partial charge on any atom is -0.368 e. The lowest BCUT2D eigenvalue weighted by atomic mass is 9.93. The molecule has 118 valence electrons. The van der Waals surface area contributed by atoms with Gasteiger partial charge in [0.15, 0.2) is 0 Å². The predicted molar refractivity (Wildman–Crippen MR) is 84.5 cm³/mol. The summed E-state index contributed by atoms with van der Waals surface area (Å²) in [4.78, 5) is 14.2. The van der Waals surface area contributed by atoms with Crippen LogP contribution in [-0.2, 0) is 4.79 Å². The largest absolute Gasteiger partial charge is 0.368 e. The van der Waals surface area contributed by atoms with Crippen LogP contribution in [-0.4, -0.2) is 42.0 Å². The lowest BCUT2D eigenvalue weighted by Crippen LogP contribution is -2.55. The second-order valence-corrected chi connectivity index (χ2v) is 7.17. The van der Waals surface area contributed by atoms with E-state index in [0.29, 0.717) is 0 Å². The number of amides is 1. The number of primary amides is 1. The second kappa shape index (κ2) is 7.41. The molecule has 0 radical (unpaired) electrons. The van der Waals surface area contributed by atoms with Gasteiger partial charge in [0.1, 0.15) is 0 Å². The van der Waals surface area contributed by atoms with Gasteiger partial charge < -0.3 is 16.0 Å². The predicted octanol–water partition coefficient (Wildman–Crippen LogP) is 1.99. The lowest BCUT2D eigenvalue weighted by molar-refractivity contribution is -0.124. The van der Waals surface area contributed by atoms with Gasteiger partial charge in [0.25, 0.3) is 0 Å². The molecule has 1 saturated heterocycles. The molecule has 1 aliphatic heterocycles. The zero-order valence-electron chi connectivity index (χ0n) is 13.9. The van der Waals surface area contributed by atoms with Crippen molar-refractivity contribution < 1.29 is 4.79 Å². The van der Waals surface area contributed by atoms with Crippen LogP contribution in [0.15, 0.2) is 0 Å². The van der Waals surface area contributed by atoms with Gasteiger partial charge in [0.05, 0.1) is 5.54 Å². The van der Waals surface area contributed by atoms with Crippen molar-refractivity contribution in [3.05, 3.63) is 0 Å². The smallest absolute Gasteiger partial charge is 0.237 e. The molecule has 20 heavy (non-hydrogen) atoms. The van der Waals surface area contributed by atoms with E-state index >= 15 is 0 Å². The molecule has 0 saturated carbocycles. The van der Waals surface area contributed by atoms with Crippen molar-refractivity contribution in [2.75, 3.05) is 19.6 Å². The number of carbonyl (C=O) groups excluding carboxylic acids is 1. The minimum absolute atomic E-state index is 0.241. The summed E-state index contributed by atoms with van der Waals surface area (Å²) in [5.74, 6) is 1.39. The Morgan fingerprint density at radius 2 is 1.85 bits per heavy atom. The third-order valence-electron chi connectivity index (χ3n) is 4.62. The van der Waals surface area contributed by atoms with E-state index in [1.54, 1.807) is 0 Å². The van der Waals surface area contributed by atoms with Crippen LogP contribution in [0.1, 0.15) is 53.9 Å². The van der Waals surface area contributed by atoms with Crippen molar-refractivity contribution in [2.24, 2.45) is 17.6 Å². The maximum atomic E-state index is 11.6. The fourth-order valence-corrected chi connectivity index (χ4v) is 3.15. The number of unbranched alkanes of at least 4 members (excludes halogenated alkanes) is 1. The van der Waals surface area contributed by atoms with Crippen molar-refractivity contribution in [1.82, 2.24) is 10.2 Å². The van der Waals surface area contributed by atoms with Crippen LogP contribution in [0.2, 0.25) is 0 Å². The van der Waals surface area contributed by atoms with Gasteiger partial charge in [0, 0.05) is 19.1 Å². The highest BCUT2D eigenvalue weighted by molar-refractivity contribution is 5.84. The summed E-state index contributed by atoms with van der Waals surface area (Å²) in [5, 5.41) is 3.31. The molecule has 0 spiro atoms. The summed E-state index contributed by atoms with van der Waals surface area (Å²) in [6.45, 7) is 14.3. The molecular weight excluding hydrogens is 250 g/mol. The molecule has 1 rings (SSSR count). The van der Waals surface area contributed by atoms with Gasteiger partial charge in [-0.05, 0) is 58.4 Å². The maximum Gasteiger partial charge on any atom is 0.237 e. The number of likely N-dealkylation sites (tertiary alicyclic amines) is 1. The first-order valence-electron chi connectivity index (χ1n) is 8.04. The van der Waals surface area contributed by atoms with Crippen LogP contribution in [0.4, 0.5) is 0 Å². The first-order valence-corrected chi connectivity index (χ1v) is 8.04. The van der Waals surface area contributed by atoms with Gasteiger partial charge in [-0.2, -0.15) is 0 Å². The molecule has 0 aliphatic carbocycles. The quantitative estimate of drug-likeness (QED) is 0.670. The molecule has 3 N–H and O–H groups in total. The van der Waals surface area contributed by atoms with Crippen molar-refractivity contribution in [1.29, 1.82) is 0 Å². The van der Waals surface area contributed by atoms with Gasteiger partial charge in [0.2, 0.25) is 5.91 Å². The van der Waals surface area contributed by atoms with E-state index in [0.717, 1.165) is 37.6 Å². The first-order chi connectivity index (χ1) is 9.24. The fraction of sp³-hybridized carbons (Fsp3) is 0.938. The molecule has 4 heteroatoms. The summed E-state index contributed by atoms with van der Waals surface area (Å²) in [6.07, 6.45) is 3.00. The maximum absolute atomic E-state index is 11.6. The SMILES string of the molecule is CC(C)NC(C)(CCCCN1CC(C)C(C)C1)C(N)=O. The lowest BCUT2D eigenvalue weighted by Gasteiger charge is -2.30. The fourth-order valence-electron chi connectivity index (χ4n) is 3.15. The molecular formula is C16H33N3O. The highest BCUT2D eigenvalue weighted by Crippen LogP contribution is 2.23. The highest BCUT2D eigenvalue weighted by Gasteiger charge is 2.31. The summed E-state index contributed by atoms with van der Waals surface area (Å²) in [6, 6.07) is 0.271. The molecule has 3 atom stereocenters. The topological polar surface area (TPSA) is 58.4 Å². The Morgan fingerprint density at radius 3 is 2.30 bits per heavy atom. The van der Waals surface area contributed by atoms with Crippen LogP contribution in [0, 0.1) is 11.8 Å². The summed E-state index contributed by atoms with van der Waals surface area (Å²) >= 11 is 0. The third kappa shape index (κ3) is 5.06. The zero-order valence-corrected chi connectivity index (χ0v) is 13.9. The highest BCUT2D eigenvalue weighted by atomic mass is 16.1. The van der Waals surface area contributed by atoms with Crippen molar-refractivity contribution in [3.8, 4) is 0 Å². The molecule has 0 aromatic heterocycles. The molecule has 1 amide bonds. The van der Waals surface area contributed by atoms with Gasteiger partial charge >= 0.3 is 0 Å². The Kier molecular flexibility index (Phi) is 6.46. The number of nitrogens with two attached hydrogens (primary N) is 1. The molecule has 0 aromatic carbocycles. The Hall–Kier alpha value is -0.610. The monoisotopic (exact) mass is 283 g/mol. The van der Waals surface area contributed by atoms with Crippen molar-refractivity contribution in [3.63, 3.8) is 0 Å². The van der Waals surface area contributed by atoms with E-state index < -0.39 is 5.54 Å². The van der Waals surface area contributed by atoms with Gasteiger partial charge in [-0.25, -0.2) is 0 Å². The van der Waals surface area contributed by atoms with Crippen LogP contribution in [0.5, 0.6) is 0 Å². The summed E-state index contributed by atoms with van der Waals surface area (Å²) < 4.78 is 0. The molecule has 0 bridgehead atoms. The Balaban J connectivity index is 2.29. The average molecular weight is 283 g/mol. The van der Waals surface area contributed by atoms with Gasteiger partial charge in [-0.15, -0.1) is 0 Å². The van der Waals surface area contributed by atoms with Crippen molar-refractivity contribution in [2.45, 2.75) is 65.5 Å². The standard InChI is InChI=1S/C16H33N3O/c1-12(2)18-16(5,15(17)20)8-6-7-9-19-10-13(3)14(4)11-19/h12-14,18H,6-11H2,1-5H3,(H2,17,20). The van der Waals surface area contributed by atoms with E-state index in [4.69, 9.17) is 5.73 Å². The van der Waals surface area contributed by atoms with E-state index in [9.17, 15) is 4.79 Å². The molecule has 0 aromatic rings. The van der Waals surface area contributed by atoms with Crippen LogP contribution >= 0.6 is 0 Å². The number of rotatable bonds is 8. The summed E-state index contributed by atoms with van der Waals surface area (Å²) in [5.41, 5.74) is 4.98. The number of hydrogen-bond donors (Lipinski definition) is 2. The van der Waals surface area contributed by atoms with Crippen LogP contribution < -0.4 is 11.1 Å². The normalized spacial score (nSPS) is 26.9. The van der Waals surface area contributed by atoms with Crippen molar-refractivity contribution >= 4 is 5.91 Å². The number of hydrogen-bond acceptors (Lipinski definition) is 3. The number of nitrogens with one attached hydrogen (secondary N) is 1. The molecule has 1 fully saturated rings. The number of nitrogens with zero attached hydrogens (tertiary/aromatic N) is 1. The third-order valence-corrected chi connectivity index (χ3v) is 4.62. The van der Waals surface area contributed by atoms with Crippen LogP contribution in [0.3, 0.4) is 0 Å². The average Bonchev–Trinajstić information content (AvgIpc) is 2.63. The van der Waals surface area contributed by atoms with E-state index in [1.807, 2.05) is 20.8 Å². The summed E-state index contributed by atoms with van der Waals surface area (Å²) in [7, 11) is 0. The first kappa shape index (κ1) is 17.4.